The van der Waals surface area contributed by atoms with E-state index in [1.165, 1.54) is 12.1 Å². The van der Waals surface area contributed by atoms with E-state index in [1.54, 1.807) is 24.5 Å². The van der Waals surface area contributed by atoms with Crippen LogP contribution in [0.15, 0.2) is 41.1 Å². The van der Waals surface area contributed by atoms with Gasteiger partial charge < -0.3 is 9.84 Å². The summed E-state index contributed by atoms with van der Waals surface area (Å²) in [5.74, 6) is -0.161. The monoisotopic (exact) mass is 327 g/mol. The van der Waals surface area contributed by atoms with Crippen LogP contribution in [0.25, 0.3) is 0 Å². The molecule has 2 rings (SSSR count). The Morgan fingerprint density at radius 3 is 2.83 bits per heavy atom. The van der Waals surface area contributed by atoms with Crippen LogP contribution >= 0.6 is 27.5 Å². The van der Waals surface area contributed by atoms with Crippen molar-refractivity contribution in [1.82, 2.24) is 4.98 Å². The number of carboxylic acids is 1. The van der Waals surface area contributed by atoms with Gasteiger partial charge in [-0.15, -0.1) is 0 Å². The zero-order valence-electron chi connectivity index (χ0n) is 8.93. The summed E-state index contributed by atoms with van der Waals surface area (Å²) in [4.78, 5) is 14.8. The van der Waals surface area contributed by atoms with Crippen molar-refractivity contribution in [3.8, 4) is 11.5 Å². The van der Waals surface area contributed by atoms with Crippen molar-refractivity contribution in [3.63, 3.8) is 0 Å². The zero-order chi connectivity index (χ0) is 13.1. The predicted molar refractivity (Wildman–Crippen MR) is 70.4 cm³/mol. The van der Waals surface area contributed by atoms with E-state index < -0.39 is 5.97 Å². The van der Waals surface area contributed by atoms with Crippen molar-refractivity contribution >= 4 is 33.5 Å². The zero-order valence-corrected chi connectivity index (χ0v) is 11.3. The SMILES string of the molecule is O=C(O)c1cc(Oc2ccncc2Br)ccc1Cl. The van der Waals surface area contributed by atoms with Gasteiger partial charge in [0.2, 0.25) is 0 Å². The van der Waals surface area contributed by atoms with Crippen molar-refractivity contribution in [2.24, 2.45) is 0 Å². The van der Waals surface area contributed by atoms with E-state index in [1.807, 2.05) is 0 Å². The van der Waals surface area contributed by atoms with Gasteiger partial charge in [-0.2, -0.15) is 0 Å². The van der Waals surface area contributed by atoms with Gasteiger partial charge in [-0.25, -0.2) is 4.79 Å². The average Bonchev–Trinajstić information content (AvgIpc) is 2.34. The van der Waals surface area contributed by atoms with Crippen LogP contribution in [-0.2, 0) is 0 Å². The third-order valence-corrected chi connectivity index (χ3v) is 3.06. The highest BCUT2D eigenvalue weighted by molar-refractivity contribution is 9.10. The summed E-state index contributed by atoms with van der Waals surface area (Å²) in [6, 6.07) is 6.12. The Hall–Kier alpha value is -1.59. The highest BCUT2D eigenvalue weighted by atomic mass is 79.9. The normalized spacial score (nSPS) is 10.1. The van der Waals surface area contributed by atoms with Crippen molar-refractivity contribution in [3.05, 3.63) is 51.7 Å². The third kappa shape index (κ3) is 2.80. The van der Waals surface area contributed by atoms with Crippen LogP contribution in [0.2, 0.25) is 5.02 Å². The standard InChI is InChI=1S/C12H7BrClNO3/c13-9-6-15-4-3-11(9)18-7-1-2-10(14)8(5-7)12(16)17/h1-6H,(H,16,17). The Kier molecular flexibility index (Phi) is 3.84. The van der Waals surface area contributed by atoms with Gasteiger partial charge in [0.05, 0.1) is 15.1 Å². The molecule has 4 nitrogen and oxygen atoms in total. The first kappa shape index (κ1) is 12.9. The average molecular weight is 329 g/mol. The molecule has 0 unspecified atom stereocenters. The molecule has 0 aliphatic rings. The number of hydrogen-bond acceptors (Lipinski definition) is 3. The Labute approximate surface area is 116 Å². The van der Waals surface area contributed by atoms with E-state index in [0.717, 1.165) is 0 Å². The van der Waals surface area contributed by atoms with Crippen LogP contribution in [0.1, 0.15) is 10.4 Å². The number of nitrogens with zero attached hydrogens (tertiary/aromatic N) is 1. The first-order valence-corrected chi connectivity index (χ1v) is 6.05. The maximum atomic E-state index is 10.9. The molecule has 1 aromatic carbocycles. The van der Waals surface area contributed by atoms with E-state index in [4.69, 9.17) is 21.4 Å². The molecule has 0 saturated heterocycles. The molecule has 0 aliphatic carbocycles. The quantitative estimate of drug-likeness (QED) is 0.925. The molecule has 0 bridgehead atoms. The molecule has 0 saturated carbocycles. The maximum absolute atomic E-state index is 10.9. The fraction of sp³-hybridized carbons (Fsp3) is 0. The number of rotatable bonds is 3. The fourth-order valence-corrected chi connectivity index (χ4v) is 1.83. The second kappa shape index (κ2) is 5.37. The van der Waals surface area contributed by atoms with Gasteiger partial charge in [0, 0.05) is 18.5 Å². The van der Waals surface area contributed by atoms with E-state index in [0.29, 0.717) is 16.0 Å². The van der Waals surface area contributed by atoms with E-state index >= 15 is 0 Å². The van der Waals surface area contributed by atoms with Crippen LogP contribution in [0, 0.1) is 0 Å². The lowest BCUT2D eigenvalue weighted by Gasteiger charge is -2.08. The van der Waals surface area contributed by atoms with Crippen molar-refractivity contribution in [2.75, 3.05) is 0 Å². The number of halogens is 2. The second-order valence-corrected chi connectivity index (χ2v) is 4.62. The van der Waals surface area contributed by atoms with Gasteiger partial charge in [0.15, 0.2) is 0 Å². The molecule has 18 heavy (non-hydrogen) atoms. The number of hydrogen-bond donors (Lipinski definition) is 1. The molecule has 0 radical (unpaired) electrons. The molecule has 92 valence electrons. The number of ether oxygens (including phenoxy) is 1. The largest absolute Gasteiger partial charge is 0.478 e. The lowest BCUT2D eigenvalue weighted by Crippen LogP contribution is -1.98. The molecule has 1 heterocycles. The summed E-state index contributed by atoms with van der Waals surface area (Å²) >= 11 is 9.06. The third-order valence-electron chi connectivity index (χ3n) is 2.13. The molecule has 0 atom stereocenters. The maximum Gasteiger partial charge on any atom is 0.337 e. The summed E-state index contributed by atoms with van der Waals surface area (Å²) in [5.41, 5.74) is -0.000606. The summed E-state index contributed by atoms with van der Waals surface area (Å²) in [6.45, 7) is 0. The van der Waals surface area contributed by atoms with Crippen molar-refractivity contribution in [2.45, 2.75) is 0 Å². The van der Waals surface area contributed by atoms with Crippen molar-refractivity contribution in [1.29, 1.82) is 0 Å². The first-order chi connectivity index (χ1) is 8.58. The van der Waals surface area contributed by atoms with Crippen LogP contribution in [0.4, 0.5) is 0 Å². The summed E-state index contributed by atoms with van der Waals surface area (Å²) < 4.78 is 6.22. The summed E-state index contributed by atoms with van der Waals surface area (Å²) in [7, 11) is 0. The molecule has 0 aliphatic heterocycles. The highest BCUT2D eigenvalue weighted by Gasteiger charge is 2.11. The topological polar surface area (TPSA) is 59.4 Å². The fourth-order valence-electron chi connectivity index (χ4n) is 1.30. The van der Waals surface area contributed by atoms with Gasteiger partial charge in [-0.1, -0.05) is 11.6 Å². The van der Waals surface area contributed by atoms with E-state index in [2.05, 4.69) is 20.9 Å². The number of aromatic nitrogens is 1. The minimum absolute atomic E-state index is 0.000606. The van der Waals surface area contributed by atoms with Gasteiger partial charge >= 0.3 is 5.97 Å². The van der Waals surface area contributed by atoms with E-state index in [9.17, 15) is 4.79 Å². The molecule has 0 amide bonds. The number of carbonyl (C=O) groups is 1. The molecular formula is C12H7BrClNO3. The summed E-state index contributed by atoms with van der Waals surface area (Å²) in [5, 5.41) is 9.12. The van der Waals surface area contributed by atoms with Gasteiger partial charge in [0.1, 0.15) is 11.5 Å². The Balaban J connectivity index is 2.33. The lowest BCUT2D eigenvalue weighted by molar-refractivity contribution is 0.0696. The number of pyridine rings is 1. The smallest absolute Gasteiger partial charge is 0.337 e. The first-order valence-electron chi connectivity index (χ1n) is 4.88. The lowest BCUT2D eigenvalue weighted by atomic mass is 10.2. The van der Waals surface area contributed by atoms with E-state index in [-0.39, 0.29) is 10.6 Å². The minimum atomic E-state index is -1.10. The molecule has 1 aromatic heterocycles. The second-order valence-electron chi connectivity index (χ2n) is 3.35. The minimum Gasteiger partial charge on any atom is -0.478 e. The molecule has 6 heteroatoms. The molecular weight excluding hydrogens is 321 g/mol. The molecule has 0 spiro atoms. The van der Waals surface area contributed by atoms with Crippen LogP contribution in [-0.4, -0.2) is 16.1 Å². The summed E-state index contributed by atoms with van der Waals surface area (Å²) in [6.07, 6.45) is 3.16. The van der Waals surface area contributed by atoms with Crippen LogP contribution in [0.5, 0.6) is 11.5 Å². The Bertz CT molecular complexity index is 604. The Morgan fingerprint density at radius 1 is 1.39 bits per heavy atom. The van der Waals surface area contributed by atoms with Gasteiger partial charge in [-0.3, -0.25) is 4.98 Å². The van der Waals surface area contributed by atoms with Gasteiger partial charge in [0.25, 0.3) is 0 Å². The number of benzene rings is 1. The van der Waals surface area contributed by atoms with Gasteiger partial charge in [-0.05, 0) is 34.1 Å². The number of aromatic carboxylic acids is 1. The predicted octanol–water partition coefficient (Wildman–Crippen LogP) is 3.99. The highest BCUT2D eigenvalue weighted by Crippen LogP contribution is 2.30. The number of carboxylic acid groups (broad SMARTS) is 1. The molecule has 1 N–H and O–H groups in total. The van der Waals surface area contributed by atoms with Crippen LogP contribution in [0.3, 0.4) is 0 Å². The molecule has 0 fully saturated rings. The van der Waals surface area contributed by atoms with Crippen LogP contribution < -0.4 is 4.74 Å². The molecule has 2 aromatic rings. The Morgan fingerprint density at radius 2 is 2.17 bits per heavy atom. The van der Waals surface area contributed by atoms with Crippen molar-refractivity contribution < 1.29 is 14.6 Å².